The molecule has 1 saturated heterocycles. The van der Waals surface area contributed by atoms with Gasteiger partial charge in [0.1, 0.15) is 0 Å². The van der Waals surface area contributed by atoms with E-state index in [-0.39, 0.29) is 29.8 Å². The molecule has 8 nitrogen and oxygen atoms in total. The number of imidazole rings is 1. The van der Waals surface area contributed by atoms with Gasteiger partial charge in [-0.05, 0) is 12.8 Å². The van der Waals surface area contributed by atoms with Crippen LogP contribution in [0.25, 0.3) is 11.2 Å². The van der Waals surface area contributed by atoms with Crippen LogP contribution < -0.4 is 21.9 Å². The molecule has 1 atom stereocenters. The number of alkyl halides is 3. The lowest BCUT2D eigenvalue weighted by molar-refractivity contribution is -0.0800. The van der Waals surface area contributed by atoms with Gasteiger partial charge in [-0.2, -0.15) is 18.2 Å². The van der Waals surface area contributed by atoms with Crippen molar-refractivity contribution in [1.82, 2.24) is 18.7 Å². The molecule has 0 amide bonds. The highest BCUT2D eigenvalue weighted by atomic mass is 19.4. The monoisotopic (exact) mass is 386 g/mol. The first-order chi connectivity index (χ1) is 12.6. The molecule has 0 saturated carbocycles. The van der Waals surface area contributed by atoms with E-state index >= 15 is 0 Å². The Morgan fingerprint density at radius 1 is 1.26 bits per heavy atom. The van der Waals surface area contributed by atoms with Crippen LogP contribution in [-0.4, -0.2) is 44.0 Å². The van der Waals surface area contributed by atoms with Gasteiger partial charge in [0.05, 0.1) is 0 Å². The topological polar surface area (TPSA) is 91.1 Å². The predicted molar refractivity (Wildman–Crippen MR) is 94.8 cm³/mol. The molecule has 2 N–H and O–H groups in total. The highest BCUT2D eigenvalue weighted by Gasteiger charge is 2.26. The van der Waals surface area contributed by atoms with Gasteiger partial charge in [-0.1, -0.05) is 6.08 Å². The summed E-state index contributed by atoms with van der Waals surface area (Å²) in [4.78, 5) is 31.1. The molecule has 1 fully saturated rings. The van der Waals surface area contributed by atoms with Gasteiger partial charge in [0.25, 0.3) is 5.56 Å². The minimum atomic E-state index is -4.46. The first kappa shape index (κ1) is 19.2. The van der Waals surface area contributed by atoms with Gasteiger partial charge in [0.2, 0.25) is 5.95 Å². The Morgan fingerprint density at radius 3 is 2.59 bits per heavy atom. The smallest absolute Gasteiger partial charge is 0.341 e. The average Bonchev–Trinajstić information content (AvgIpc) is 2.97. The van der Waals surface area contributed by atoms with E-state index in [4.69, 9.17) is 5.73 Å². The van der Waals surface area contributed by atoms with Gasteiger partial charge in [-0.3, -0.25) is 13.9 Å². The van der Waals surface area contributed by atoms with E-state index in [0.29, 0.717) is 19.0 Å². The Morgan fingerprint density at radius 2 is 1.96 bits per heavy atom. The molecule has 11 heteroatoms. The quantitative estimate of drug-likeness (QED) is 0.775. The Kier molecular flexibility index (Phi) is 4.89. The first-order valence-electron chi connectivity index (χ1n) is 8.51. The summed E-state index contributed by atoms with van der Waals surface area (Å²) in [5.74, 6) is 0.338. The molecule has 0 aliphatic carbocycles. The third kappa shape index (κ3) is 3.64. The summed E-state index contributed by atoms with van der Waals surface area (Å²) in [6.45, 7) is 0.888. The molecule has 1 aliphatic rings. The van der Waals surface area contributed by atoms with Crippen LogP contribution in [0.3, 0.4) is 0 Å². The lowest BCUT2D eigenvalue weighted by Crippen LogP contribution is -2.44. The number of aromatic nitrogens is 4. The zero-order valence-corrected chi connectivity index (χ0v) is 15.0. The molecule has 0 radical (unpaired) electrons. The number of hydrogen-bond acceptors (Lipinski definition) is 5. The largest absolute Gasteiger partial charge is 0.409 e. The Labute approximate surface area is 152 Å². The molecule has 0 spiro atoms. The number of halogens is 3. The minimum Gasteiger partial charge on any atom is -0.341 e. The zero-order valence-electron chi connectivity index (χ0n) is 15.0. The van der Waals surface area contributed by atoms with Crippen LogP contribution in [0.1, 0.15) is 12.8 Å². The zero-order chi connectivity index (χ0) is 19.9. The van der Waals surface area contributed by atoms with Crippen LogP contribution in [0.4, 0.5) is 19.1 Å². The van der Waals surface area contributed by atoms with E-state index in [0.717, 1.165) is 23.5 Å². The minimum absolute atomic E-state index is 0.0839. The number of hydrogen-bond donors (Lipinski definition) is 1. The molecule has 0 aromatic carbocycles. The molecule has 0 bridgehead atoms. The van der Waals surface area contributed by atoms with Crippen molar-refractivity contribution in [3.8, 4) is 0 Å². The van der Waals surface area contributed by atoms with Crippen molar-refractivity contribution >= 4 is 17.1 Å². The summed E-state index contributed by atoms with van der Waals surface area (Å²) in [6, 6.07) is -0.0932. The highest BCUT2D eigenvalue weighted by molar-refractivity contribution is 5.74. The van der Waals surface area contributed by atoms with E-state index in [2.05, 4.69) is 4.98 Å². The van der Waals surface area contributed by atoms with Gasteiger partial charge < -0.3 is 15.2 Å². The molecule has 148 valence electrons. The summed E-state index contributed by atoms with van der Waals surface area (Å²) in [5, 5.41) is 0. The van der Waals surface area contributed by atoms with Crippen LogP contribution in [0.15, 0.2) is 21.7 Å². The number of allylic oxidation sites excluding steroid dienone is 2. The van der Waals surface area contributed by atoms with E-state index in [9.17, 15) is 22.8 Å². The third-order valence-electron chi connectivity index (χ3n) is 4.66. The van der Waals surface area contributed by atoms with Crippen molar-refractivity contribution in [3.05, 3.63) is 33.0 Å². The van der Waals surface area contributed by atoms with Crippen LogP contribution >= 0.6 is 0 Å². The van der Waals surface area contributed by atoms with E-state index < -0.39 is 17.4 Å². The van der Waals surface area contributed by atoms with Gasteiger partial charge in [-0.15, -0.1) is 0 Å². The normalized spacial score (nSPS) is 18.7. The number of rotatable bonds is 3. The molecule has 2 aromatic rings. The number of nitrogens with two attached hydrogens (primary N) is 1. The van der Waals surface area contributed by atoms with Crippen LogP contribution in [0.2, 0.25) is 0 Å². The summed E-state index contributed by atoms with van der Waals surface area (Å²) < 4.78 is 41.1. The van der Waals surface area contributed by atoms with E-state index in [1.165, 1.54) is 23.2 Å². The van der Waals surface area contributed by atoms with Crippen molar-refractivity contribution in [2.45, 2.75) is 31.6 Å². The molecular weight excluding hydrogens is 365 g/mol. The summed E-state index contributed by atoms with van der Waals surface area (Å²) in [5.41, 5.74) is 5.08. The first-order valence-corrected chi connectivity index (χ1v) is 8.51. The second kappa shape index (κ2) is 6.87. The van der Waals surface area contributed by atoms with Crippen molar-refractivity contribution in [3.63, 3.8) is 0 Å². The van der Waals surface area contributed by atoms with Gasteiger partial charge >= 0.3 is 11.9 Å². The Balaban J connectivity index is 2.21. The molecule has 3 rings (SSSR count). The van der Waals surface area contributed by atoms with Crippen molar-refractivity contribution in [1.29, 1.82) is 0 Å². The lowest BCUT2D eigenvalue weighted by atomic mass is 10.1. The second-order valence-electron chi connectivity index (χ2n) is 6.69. The molecule has 3 heterocycles. The molecule has 1 unspecified atom stereocenters. The summed E-state index contributed by atoms with van der Waals surface area (Å²) in [6.07, 6.45) is -1.76. The van der Waals surface area contributed by atoms with Crippen LogP contribution in [0, 0.1) is 0 Å². The Hall–Kier alpha value is -2.56. The average molecular weight is 386 g/mol. The maximum atomic E-state index is 12.6. The third-order valence-corrected chi connectivity index (χ3v) is 4.66. The number of piperidine rings is 1. The van der Waals surface area contributed by atoms with Crippen molar-refractivity contribution < 1.29 is 13.2 Å². The maximum absolute atomic E-state index is 12.6. The van der Waals surface area contributed by atoms with Crippen LogP contribution in [-0.2, 0) is 20.6 Å². The van der Waals surface area contributed by atoms with Crippen molar-refractivity contribution in [2.75, 3.05) is 18.0 Å². The van der Waals surface area contributed by atoms with Gasteiger partial charge in [-0.25, -0.2) is 4.79 Å². The number of fused-ring (bicyclic) bond motifs is 1. The second-order valence-corrected chi connectivity index (χ2v) is 6.69. The fourth-order valence-corrected chi connectivity index (χ4v) is 3.33. The fraction of sp³-hybridized carbons (Fsp3) is 0.562. The number of aryl methyl sites for hydroxylation is 1. The highest BCUT2D eigenvalue weighted by Crippen LogP contribution is 2.23. The summed E-state index contributed by atoms with van der Waals surface area (Å²) in [7, 11) is 2.79. The molecular formula is C16H21F3N6O2. The molecule has 1 aliphatic heterocycles. The summed E-state index contributed by atoms with van der Waals surface area (Å²) >= 11 is 0. The van der Waals surface area contributed by atoms with Crippen molar-refractivity contribution in [2.24, 2.45) is 19.8 Å². The SMILES string of the molecule is Cn1c(=O)c2c(nc(N3CCCC(N)C3)n2CC=CC(F)(F)F)n(C)c1=O. The van der Waals surface area contributed by atoms with E-state index in [1.54, 1.807) is 0 Å². The number of nitrogens with zero attached hydrogens (tertiary/aromatic N) is 5. The van der Waals surface area contributed by atoms with E-state index in [1.807, 2.05) is 4.90 Å². The van der Waals surface area contributed by atoms with Crippen LogP contribution in [0.5, 0.6) is 0 Å². The predicted octanol–water partition coefficient (Wildman–Crippen LogP) is 0.480. The standard InChI is InChI=1S/C16H21F3N6O2/c1-22-12-11(13(26)23(2)15(22)27)25(8-4-6-16(17,18)19)14(21-12)24-7-3-5-10(20)9-24/h4,6,10H,3,5,7-9,20H2,1-2H3. The lowest BCUT2D eigenvalue weighted by Gasteiger charge is -2.31. The molecule has 2 aromatic heterocycles. The molecule has 27 heavy (non-hydrogen) atoms. The maximum Gasteiger partial charge on any atom is 0.409 e. The number of anilines is 1. The van der Waals surface area contributed by atoms with Gasteiger partial charge in [0, 0.05) is 45.8 Å². The fourth-order valence-electron chi connectivity index (χ4n) is 3.33. The van der Waals surface area contributed by atoms with Gasteiger partial charge in [0.15, 0.2) is 11.2 Å². The Bertz CT molecular complexity index is 1000.